The van der Waals surface area contributed by atoms with Crippen molar-refractivity contribution in [3.63, 3.8) is 0 Å². The molecular formula is C19H15ClN2O5. The van der Waals surface area contributed by atoms with Crippen LogP contribution in [0.4, 0.5) is 11.4 Å². The van der Waals surface area contributed by atoms with E-state index in [9.17, 15) is 14.9 Å². The monoisotopic (exact) mass is 386 g/mol. The Morgan fingerprint density at radius 2 is 2.04 bits per heavy atom. The fourth-order valence-electron chi connectivity index (χ4n) is 2.67. The molecule has 2 aromatic carbocycles. The van der Waals surface area contributed by atoms with Crippen LogP contribution in [0.2, 0.25) is 5.02 Å². The summed E-state index contributed by atoms with van der Waals surface area (Å²) in [6, 6.07) is 12.5. The summed E-state index contributed by atoms with van der Waals surface area (Å²) in [5.41, 5.74) is 1.37. The smallest absolute Gasteiger partial charge is 0.273 e. The molecule has 3 rings (SSSR count). The normalized spacial score (nSPS) is 10.6. The Balaban J connectivity index is 1.90. The number of rotatable bonds is 5. The van der Waals surface area contributed by atoms with Crippen molar-refractivity contribution in [3.05, 3.63) is 80.6 Å². The number of furan rings is 1. The molecule has 1 aromatic heterocycles. The van der Waals surface area contributed by atoms with Gasteiger partial charge in [-0.1, -0.05) is 17.7 Å². The number of halogens is 1. The minimum Gasteiger partial charge on any atom is -0.459 e. The lowest BCUT2D eigenvalue weighted by molar-refractivity contribution is -0.385. The number of nitrogens with one attached hydrogen (secondary N) is 1. The maximum Gasteiger partial charge on any atom is 0.273 e. The zero-order valence-electron chi connectivity index (χ0n) is 14.2. The van der Waals surface area contributed by atoms with Gasteiger partial charge in [-0.05, 0) is 43.3 Å². The summed E-state index contributed by atoms with van der Waals surface area (Å²) in [7, 11) is 0. The molecule has 0 aliphatic heterocycles. The predicted octanol–water partition coefficient (Wildman–Crippen LogP) is 4.56. The highest BCUT2D eigenvalue weighted by Crippen LogP contribution is 2.32. The summed E-state index contributed by atoms with van der Waals surface area (Å²) in [4.78, 5) is 23.1. The van der Waals surface area contributed by atoms with Crippen LogP contribution in [0.3, 0.4) is 0 Å². The van der Waals surface area contributed by atoms with Crippen molar-refractivity contribution in [1.29, 1.82) is 0 Å². The van der Waals surface area contributed by atoms with Crippen molar-refractivity contribution >= 4 is 28.9 Å². The first-order chi connectivity index (χ1) is 12.9. The molecule has 0 saturated heterocycles. The van der Waals surface area contributed by atoms with Gasteiger partial charge in [-0.25, -0.2) is 0 Å². The SMILES string of the molecule is Cc1c(C(=O)Nc2ccc(Cl)c(-c3ccc(CO)o3)c2)cccc1[N+](=O)[O-]. The summed E-state index contributed by atoms with van der Waals surface area (Å²) in [5, 5.41) is 23.3. The Kier molecular flexibility index (Phi) is 5.25. The number of aliphatic hydroxyl groups excluding tert-OH is 1. The number of hydrogen-bond acceptors (Lipinski definition) is 5. The molecule has 138 valence electrons. The Hall–Kier alpha value is -3.16. The molecule has 0 atom stereocenters. The lowest BCUT2D eigenvalue weighted by Crippen LogP contribution is -2.14. The second-order valence-corrected chi connectivity index (χ2v) is 6.19. The highest BCUT2D eigenvalue weighted by Gasteiger charge is 2.18. The number of aliphatic hydroxyl groups is 1. The largest absolute Gasteiger partial charge is 0.459 e. The Morgan fingerprint density at radius 3 is 2.70 bits per heavy atom. The van der Waals surface area contributed by atoms with E-state index < -0.39 is 10.8 Å². The molecule has 0 radical (unpaired) electrons. The number of hydrogen-bond donors (Lipinski definition) is 2. The number of carbonyl (C=O) groups is 1. The second-order valence-electron chi connectivity index (χ2n) is 5.78. The summed E-state index contributed by atoms with van der Waals surface area (Å²) >= 11 is 6.21. The van der Waals surface area contributed by atoms with Crippen LogP contribution in [0.25, 0.3) is 11.3 Å². The number of anilines is 1. The van der Waals surface area contributed by atoms with Crippen molar-refractivity contribution in [2.45, 2.75) is 13.5 Å². The molecule has 1 amide bonds. The quantitative estimate of drug-likeness (QED) is 0.493. The zero-order chi connectivity index (χ0) is 19.6. The topological polar surface area (TPSA) is 106 Å². The molecule has 8 heteroatoms. The van der Waals surface area contributed by atoms with Crippen LogP contribution < -0.4 is 5.32 Å². The van der Waals surface area contributed by atoms with E-state index in [1.165, 1.54) is 25.1 Å². The minimum absolute atomic E-state index is 0.119. The Bertz CT molecular complexity index is 1030. The first-order valence-electron chi connectivity index (χ1n) is 7.95. The molecule has 1 heterocycles. The highest BCUT2D eigenvalue weighted by molar-refractivity contribution is 6.33. The molecule has 0 aliphatic rings. The Morgan fingerprint density at radius 1 is 1.26 bits per heavy atom. The van der Waals surface area contributed by atoms with Crippen LogP contribution in [0.5, 0.6) is 0 Å². The van der Waals surface area contributed by atoms with Crippen LogP contribution >= 0.6 is 11.6 Å². The summed E-state index contributed by atoms with van der Waals surface area (Å²) in [6.07, 6.45) is 0. The summed E-state index contributed by atoms with van der Waals surface area (Å²) < 4.78 is 5.48. The van der Waals surface area contributed by atoms with E-state index in [4.69, 9.17) is 21.1 Å². The van der Waals surface area contributed by atoms with E-state index >= 15 is 0 Å². The maximum absolute atomic E-state index is 12.6. The van der Waals surface area contributed by atoms with Gasteiger partial charge in [-0.3, -0.25) is 14.9 Å². The molecule has 0 spiro atoms. The van der Waals surface area contributed by atoms with Gasteiger partial charge in [0.1, 0.15) is 18.1 Å². The predicted molar refractivity (Wildman–Crippen MR) is 101 cm³/mol. The van der Waals surface area contributed by atoms with Gasteiger partial charge in [0.2, 0.25) is 0 Å². The van der Waals surface area contributed by atoms with Crippen LogP contribution in [-0.4, -0.2) is 15.9 Å². The fourth-order valence-corrected chi connectivity index (χ4v) is 2.88. The van der Waals surface area contributed by atoms with Crippen LogP contribution in [-0.2, 0) is 6.61 Å². The third-order valence-corrected chi connectivity index (χ3v) is 4.38. The number of carbonyl (C=O) groups excluding carboxylic acids is 1. The van der Waals surface area contributed by atoms with Crippen molar-refractivity contribution in [1.82, 2.24) is 0 Å². The standard InChI is InChI=1S/C19H15ClN2O5/c1-11-14(3-2-4-17(11)22(25)26)19(24)21-12-5-7-16(20)15(9-12)18-8-6-13(10-23)27-18/h2-9,23H,10H2,1H3,(H,21,24). The second kappa shape index (κ2) is 7.61. The average molecular weight is 387 g/mol. The molecule has 0 bridgehead atoms. The molecule has 0 unspecified atom stereocenters. The number of benzene rings is 2. The highest BCUT2D eigenvalue weighted by atomic mass is 35.5. The molecule has 27 heavy (non-hydrogen) atoms. The number of nitro benzene ring substituents is 1. The van der Waals surface area contributed by atoms with Crippen molar-refractivity contribution < 1.29 is 19.2 Å². The molecule has 2 N–H and O–H groups in total. The van der Waals surface area contributed by atoms with Crippen molar-refractivity contribution in [2.75, 3.05) is 5.32 Å². The van der Waals surface area contributed by atoms with Crippen molar-refractivity contribution in [2.24, 2.45) is 0 Å². The average Bonchev–Trinajstić information content (AvgIpc) is 3.12. The molecular weight excluding hydrogens is 372 g/mol. The van der Waals surface area contributed by atoms with E-state index in [1.54, 1.807) is 30.3 Å². The van der Waals surface area contributed by atoms with E-state index in [1.807, 2.05) is 0 Å². The van der Waals surface area contributed by atoms with Crippen molar-refractivity contribution in [3.8, 4) is 11.3 Å². The van der Waals surface area contributed by atoms with Gasteiger partial charge in [0.25, 0.3) is 11.6 Å². The van der Waals surface area contributed by atoms with Gasteiger partial charge < -0.3 is 14.8 Å². The van der Waals surface area contributed by atoms with E-state index in [0.29, 0.717) is 27.8 Å². The van der Waals surface area contributed by atoms with Gasteiger partial charge in [-0.2, -0.15) is 0 Å². The lowest BCUT2D eigenvalue weighted by atomic mass is 10.1. The zero-order valence-corrected chi connectivity index (χ0v) is 15.0. The number of nitro groups is 1. The number of amides is 1. The molecule has 0 aliphatic carbocycles. The van der Waals surface area contributed by atoms with Crippen LogP contribution in [0, 0.1) is 17.0 Å². The molecule has 0 saturated carbocycles. The maximum atomic E-state index is 12.6. The molecule has 3 aromatic rings. The fraction of sp³-hybridized carbons (Fsp3) is 0.105. The number of nitrogens with zero attached hydrogens (tertiary/aromatic N) is 1. The van der Waals surface area contributed by atoms with Gasteiger partial charge in [0.15, 0.2) is 0 Å². The minimum atomic E-state index is -0.526. The Labute approximate surface area is 159 Å². The summed E-state index contributed by atoms with van der Waals surface area (Å²) in [6.45, 7) is 1.29. The van der Waals surface area contributed by atoms with Gasteiger partial charge in [0, 0.05) is 28.4 Å². The van der Waals surface area contributed by atoms with Crippen LogP contribution in [0.1, 0.15) is 21.7 Å². The molecule has 7 nitrogen and oxygen atoms in total. The summed E-state index contributed by atoms with van der Waals surface area (Å²) in [5.74, 6) is 0.370. The van der Waals surface area contributed by atoms with Gasteiger partial charge in [-0.15, -0.1) is 0 Å². The molecule has 0 fully saturated rings. The van der Waals surface area contributed by atoms with Crippen LogP contribution in [0.15, 0.2) is 52.9 Å². The van der Waals surface area contributed by atoms with E-state index in [-0.39, 0.29) is 23.4 Å². The first kappa shape index (κ1) is 18.6. The first-order valence-corrected chi connectivity index (χ1v) is 8.33. The lowest BCUT2D eigenvalue weighted by Gasteiger charge is -2.10. The third-order valence-electron chi connectivity index (χ3n) is 4.05. The van der Waals surface area contributed by atoms with Gasteiger partial charge >= 0.3 is 0 Å². The van der Waals surface area contributed by atoms with E-state index in [0.717, 1.165) is 0 Å². The van der Waals surface area contributed by atoms with Gasteiger partial charge in [0.05, 0.1) is 9.95 Å². The van der Waals surface area contributed by atoms with E-state index in [2.05, 4.69) is 5.32 Å². The third kappa shape index (κ3) is 3.84.